The van der Waals surface area contributed by atoms with Gasteiger partial charge in [0.1, 0.15) is 12.7 Å². The number of nitrogens with zero attached hydrogens (tertiary/aromatic N) is 3. The van der Waals surface area contributed by atoms with Crippen LogP contribution in [0.1, 0.15) is 24.8 Å². The second-order valence-corrected chi connectivity index (χ2v) is 5.23. The molecule has 1 atom stereocenters. The fourth-order valence-corrected chi connectivity index (χ4v) is 2.50. The number of carbonyl (C=O) groups excluding carboxylic acids is 1. The number of hydrogen-bond acceptors (Lipinski definition) is 4. The summed E-state index contributed by atoms with van der Waals surface area (Å²) in [6.45, 7) is 1.49. The van der Waals surface area contributed by atoms with Gasteiger partial charge in [-0.2, -0.15) is 5.10 Å². The molecule has 1 amide bonds. The van der Waals surface area contributed by atoms with E-state index in [1.165, 1.54) is 6.33 Å². The Hall–Kier alpha value is -2.21. The third kappa shape index (κ3) is 3.46. The van der Waals surface area contributed by atoms with Gasteiger partial charge in [0, 0.05) is 6.54 Å². The molecule has 1 fully saturated rings. The minimum atomic E-state index is -0.0341. The molecule has 0 spiro atoms. The van der Waals surface area contributed by atoms with Gasteiger partial charge < -0.3 is 10.6 Å². The zero-order valence-electron chi connectivity index (χ0n) is 11.8. The molecule has 0 saturated carbocycles. The largest absolute Gasteiger partial charge is 0.351 e. The third-order valence-corrected chi connectivity index (χ3v) is 3.71. The van der Waals surface area contributed by atoms with Crippen LogP contribution in [0.5, 0.6) is 0 Å². The molecule has 1 aromatic carbocycles. The summed E-state index contributed by atoms with van der Waals surface area (Å²) in [4.78, 5) is 15.9. The van der Waals surface area contributed by atoms with Crippen molar-refractivity contribution in [3.63, 3.8) is 0 Å². The summed E-state index contributed by atoms with van der Waals surface area (Å²) in [5.74, 6) is 0.0926. The zero-order valence-corrected chi connectivity index (χ0v) is 11.8. The summed E-state index contributed by atoms with van der Waals surface area (Å²) in [6, 6.07) is 7.88. The van der Waals surface area contributed by atoms with Gasteiger partial charge in [-0.1, -0.05) is 18.6 Å². The van der Waals surface area contributed by atoms with Gasteiger partial charge >= 0.3 is 0 Å². The van der Waals surface area contributed by atoms with Crippen LogP contribution in [0.3, 0.4) is 0 Å². The molecule has 0 aliphatic carbocycles. The highest BCUT2D eigenvalue weighted by Crippen LogP contribution is 2.09. The molecule has 6 nitrogen and oxygen atoms in total. The van der Waals surface area contributed by atoms with Crippen LogP contribution in [0.2, 0.25) is 0 Å². The van der Waals surface area contributed by atoms with E-state index in [2.05, 4.69) is 20.7 Å². The van der Waals surface area contributed by atoms with Crippen LogP contribution in [0, 0.1) is 0 Å². The number of carbonyl (C=O) groups is 1. The van der Waals surface area contributed by atoms with Crippen molar-refractivity contribution in [1.82, 2.24) is 25.4 Å². The van der Waals surface area contributed by atoms with E-state index in [0.29, 0.717) is 6.54 Å². The maximum atomic E-state index is 12.0. The lowest BCUT2D eigenvalue weighted by Gasteiger charge is -2.22. The van der Waals surface area contributed by atoms with Crippen molar-refractivity contribution in [2.75, 3.05) is 6.54 Å². The van der Waals surface area contributed by atoms with E-state index in [1.54, 1.807) is 11.0 Å². The van der Waals surface area contributed by atoms with Crippen LogP contribution in [0.4, 0.5) is 0 Å². The summed E-state index contributed by atoms with van der Waals surface area (Å²) in [6.07, 6.45) is 6.37. The van der Waals surface area contributed by atoms with Gasteiger partial charge in [0.25, 0.3) is 0 Å². The Balaban J connectivity index is 1.54. The normalized spacial score (nSPS) is 18.4. The number of nitrogens with one attached hydrogen (secondary N) is 2. The van der Waals surface area contributed by atoms with E-state index in [4.69, 9.17) is 0 Å². The first-order valence-corrected chi connectivity index (χ1v) is 7.28. The minimum Gasteiger partial charge on any atom is -0.351 e. The molecule has 1 aromatic heterocycles. The Morgan fingerprint density at radius 1 is 1.33 bits per heavy atom. The first kappa shape index (κ1) is 13.8. The van der Waals surface area contributed by atoms with E-state index in [9.17, 15) is 4.79 Å². The van der Waals surface area contributed by atoms with Crippen molar-refractivity contribution >= 4 is 5.91 Å². The molecule has 1 aliphatic heterocycles. The lowest BCUT2D eigenvalue weighted by molar-refractivity contribution is -0.123. The van der Waals surface area contributed by atoms with E-state index >= 15 is 0 Å². The van der Waals surface area contributed by atoms with Crippen LogP contribution in [0.15, 0.2) is 36.9 Å². The Morgan fingerprint density at radius 3 is 2.86 bits per heavy atom. The van der Waals surface area contributed by atoms with Crippen LogP contribution >= 0.6 is 0 Å². The highest BCUT2D eigenvalue weighted by molar-refractivity contribution is 5.81. The van der Waals surface area contributed by atoms with Crippen molar-refractivity contribution in [3.05, 3.63) is 42.5 Å². The van der Waals surface area contributed by atoms with Crippen LogP contribution in [-0.4, -0.2) is 33.3 Å². The molecule has 0 radical (unpaired) electrons. The molecule has 21 heavy (non-hydrogen) atoms. The first-order chi connectivity index (χ1) is 10.3. The van der Waals surface area contributed by atoms with Crippen LogP contribution in [-0.2, 0) is 11.3 Å². The Labute approximate surface area is 123 Å². The van der Waals surface area contributed by atoms with Gasteiger partial charge in [-0.15, -0.1) is 0 Å². The second-order valence-electron chi connectivity index (χ2n) is 5.23. The summed E-state index contributed by atoms with van der Waals surface area (Å²) in [7, 11) is 0. The number of rotatable bonds is 4. The fourth-order valence-electron chi connectivity index (χ4n) is 2.50. The Bertz CT molecular complexity index is 573. The fraction of sp³-hybridized carbons (Fsp3) is 0.400. The predicted octanol–water partition coefficient (Wildman–Crippen LogP) is 1.03. The Morgan fingerprint density at radius 2 is 2.19 bits per heavy atom. The molecule has 1 unspecified atom stereocenters. The molecule has 1 aliphatic rings. The molecule has 6 heteroatoms. The van der Waals surface area contributed by atoms with E-state index in [0.717, 1.165) is 37.1 Å². The lowest BCUT2D eigenvalue weighted by atomic mass is 10.0. The highest BCUT2D eigenvalue weighted by atomic mass is 16.2. The summed E-state index contributed by atoms with van der Waals surface area (Å²) >= 11 is 0. The summed E-state index contributed by atoms with van der Waals surface area (Å²) < 4.78 is 1.70. The first-order valence-electron chi connectivity index (χ1n) is 7.28. The molecule has 1 saturated heterocycles. The minimum absolute atomic E-state index is 0.0341. The molecule has 2 heterocycles. The van der Waals surface area contributed by atoms with Crippen molar-refractivity contribution in [3.8, 4) is 5.69 Å². The van der Waals surface area contributed by atoms with E-state index in [-0.39, 0.29) is 11.9 Å². The molecule has 2 N–H and O–H groups in total. The van der Waals surface area contributed by atoms with E-state index in [1.807, 2.05) is 24.3 Å². The molecular weight excluding hydrogens is 266 g/mol. The van der Waals surface area contributed by atoms with Crippen LogP contribution < -0.4 is 10.6 Å². The Kier molecular flexibility index (Phi) is 4.25. The quantitative estimate of drug-likeness (QED) is 0.880. The van der Waals surface area contributed by atoms with Gasteiger partial charge in [0.2, 0.25) is 5.91 Å². The monoisotopic (exact) mass is 285 g/mol. The summed E-state index contributed by atoms with van der Waals surface area (Å²) in [5, 5.41) is 10.3. The SMILES string of the molecule is O=C(NCc1ccc(-n2cncn2)cc1)C1CCCCN1. The lowest BCUT2D eigenvalue weighted by Crippen LogP contribution is -2.46. The number of piperidine rings is 1. The number of amides is 1. The van der Waals surface area contributed by atoms with Gasteiger partial charge in [-0.3, -0.25) is 4.79 Å². The molecule has 2 aromatic rings. The smallest absolute Gasteiger partial charge is 0.237 e. The van der Waals surface area contributed by atoms with Gasteiger partial charge in [0.05, 0.1) is 11.7 Å². The number of benzene rings is 1. The molecule has 110 valence electrons. The number of hydrogen-bond donors (Lipinski definition) is 2. The van der Waals surface area contributed by atoms with Gasteiger partial charge in [0.15, 0.2) is 0 Å². The van der Waals surface area contributed by atoms with Crippen molar-refractivity contribution in [2.45, 2.75) is 31.8 Å². The van der Waals surface area contributed by atoms with E-state index < -0.39 is 0 Å². The average Bonchev–Trinajstić information content (AvgIpc) is 3.08. The highest BCUT2D eigenvalue weighted by Gasteiger charge is 2.19. The van der Waals surface area contributed by atoms with Gasteiger partial charge in [-0.05, 0) is 37.1 Å². The topological polar surface area (TPSA) is 71.8 Å². The zero-order chi connectivity index (χ0) is 14.5. The molecular formula is C15H19N5O. The van der Waals surface area contributed by atoms with Crippen molar-refractivity contribution in [1.29, 1.82) is 0 Å². The van der Waals surface area contributed by atoms with Crippen LogP contribution in [0.25, 0.3) is 5.69 Å². The van der Waals surface area contributed by atoms with Crippen molar-refractivity contribution in [2.24, 2.45) is 0 Å². The molecule has 3 rings (SSSR count). The maximum absolute atomic E-state index is 12.0. The second kappa shape index (κ2) is 6.49. The van der Waals surface area contributed by atoms with Gasteiger partial charge in [-0.25, -0.2) is 9.67 Å². The van der Waals surface area contributed by atoms with Crippen molar-refractivity contribution < 1.29 is 4.79 Å². The maximum Gasteiger partial charge on any atom is 0.237 e. The average molecular weight is 285 g/mol. The summed E-state index contributed by atoms with van der Waals surface area (Å²) in [5.41, 5.74) is 2.03. The standard InChI is InChI=1S/C15H19N5O/c21-15(14-3-1-2-8-17-14)18-9-12-4-6-13(7-5-12)20-11-16-10-19-20/h4-7,10-11,14,17H,1-3,8-9H2,(H,18,21). The third-order valence-electron chi connectivity index (χ3n) is 3.71. The molecule has 0 bridgehead atoms. The predicted molar refractivity (Wildman–Crippen MR) is 78.8 cm³/mol. The number of aromatic nitrogens is 3.